The lowest BCUT2D eigenvalue weighted by Crippen LogP contribution is -2.03. The fourth-order valence-electron chi connectivity index (χ4n) is 0.330. The number of nitriles is 1. The fourth-order valence-corrected chi connectivity index (χ4v) is 0.525. The van der Waals surface area contributed by atoms with Crippen LogP contribution in [0, 0.1) is 11.3 Å². The fraction of sp³-hybridized carbons (Fsp3) is 0.167. The Morgan fingerprint density at radius 1 is 1.80 bits per heavy atom. The lowest BCUT2D eigenvalue weighted by Gasteiger charge is -1.87. The van der Waals surface area contributed by atoms with E-state index < -0.39 is 0 Å². The van der Waals surface area contributed by atoms with Crippen LogP contribution in [-0.4, -0.2) is 17.9 Å². The normalized spacial score (nSPS) is 12.5. The highest BCUT2D eigenvalue weighted by Crippen LogP contribution is 1.90. The summed E-state index contributed by atoms with van der Waals surface area (Å²) in [5.41, 5.74) is 0.113. The molecule has 0 heterocycles. The molecule has 10 heavy (non-hydrogen) atoms. The first-order valence-electron chi connectivity index (χ1n) is 2.47. The highest BCUT2D eigenvalue weighted by Gasteiger charge is 2.00. The average Bonchev–Trinajstić information content (AvgIpc) is 1.91. The summed E-state index contributed by atoms with van der Waals surface area (Å²) in [5, 5.41) is 8.41. The minimum Gasteiger partial charge on any atom is -0.275 e. The summed E-state index contributed by atoms with van der Waals surface area (Å²) in [4.78, 5) is 7.13. The van der Waals surface area contributed by atoms with Gasteiger partial charge in [-0.2, -0.15) is 5.26 Å². The van der Waals surface area contributed by atoms with Crippen molar-refractivity contribution < 1.29 is 0 Å². The van der Waals surface area contributed by atoms with Crippen molar-refractivity contribution in [3.63, 3.8) is 0 Å². The van der Waals surface area contributed by atoms with Gasteiger partial charge in [0.2, 0.25) is 0 Å². The molecule has 0 spiro atoms. The largest absolute Gasteiger partial charge is 0.275 e. The van der Waals surface area contributed by atoms with Crippen LogP contribution in [0.3, 0.4) is 0 Å². The molecular formula is C6H6ClN3. The Bertz CT molecular complexity index is 222. The maximum Gasteiger partial charge on any atom is 0.172 e. The van der Waals surface area contributed by atoms with Crippen LogP contribution in [0.2, 0.25) is 0 Å². The molecule has 0 aliphatic heterocycles. The standard InChI is InChI=1S/C6H6ClN3/c1-3-10-6(7)5(4-8)9-2/h3H,1H2,2H3. The first-order valence-corrected chi connectivity index (χ1v) is 2.85. The van der Waals surface area contributed by atoms with Gasteiger partial charge in [0.1, 0.15) is 6.07 Å². The van der Waals surface area contributed by atoms with Crippen LogP contribution in [0.5, 0.6) is 0 Å². The molecule has 0 bridgehead atoms. The summed E-state index contributed by atoms with van der Waals surface area (Å²) in [5.74, 6) is 0. The highest BCUT2D eigenvalue weighted by atomic mass is 35.5. The van der Waals surface area contributed by atoms with Crippen LogP contribution in [-0.2, 0) is 0 Å². The second-order valence-electron chi connectivity index (χ2n) is 1.29. The van der Waals surface area contributed by atoms with E-state index in [1.165, 1.54) is 13.2 Å². The molecule has 3 nitrogen and oxygen atoms in total. The zero-order valence-electron chi connectivity index (χ0n) is 5.50. The van der Waals surface area contributed by atoms with Crippen molar-refractivity contribution in [2.75, 3.05) is 7.05 Å². The Balaban J connectivity index is 4.51. The van der Waals surface area contributed by atoms with Gasteiger partial charge in [0, 0.05) is 13.2 Å². The summed E-state index contributed by atoms with van der Waals surface area (Å²) in [7, 11) is 1.47. The highest BCUT2D eigenvalue weighted by molar-refractivity contribution is 6.85. The maximum atomic E-state index is 8.34. The molecule has 0 saturated carbocycles. The quantitative estimate of drug-likeness (QED) is 0.556. The molecule has 0 radical (unpaired) electrons. The van der Waals surface area contributed by atoms with Crippen LogP contribution in [0.25, 0.3) is 0 Å². The molecule has 52 valence electrons. The molecule has 0 aromatic carbocycles. The first-order chi connectivity index (χ1) is 4.76. The van der Waals surface area contributed by atoms with E-state index in [1.807, 2.05) is 0 Å². The molecule has 0 aromatic heterocycles. The molecule has 0 N–H and O–H groups in total. The van der Waals surface area contributed by atoms with E-state index in [-0.39, 0.29) is 10.9 Å². The van der Waals surface area contributed by atoms with Gasteiger partial charge in [-0.1, -0.05) is 18.2 Å². The number of hydrogen-bond acceptors (Lipinski definition) is 3. The van der Waals surface area contributed by atoms with Gasteiger partial charge >= 0.3 is 0 Å². The molecule has 0 unspecified atom stereocenters. The van der Waals surface area contributed by atoms with E-state index in [0.29, 0.717) is 0 Å². The molecule has 0 aromatic rings. The van der Waals surface area contributed by atoms with Gasteiger partial charge in [-0.25, -0.2) is 4.99 Å². The molecule has 0 rings (SSSR count). The third-order valence-electron chi connectivity index (χ3n) is 0.730. The van der Waals surface area contributed by atoms with Crippen LogP contribution in [0.15, 0.2) is 22.8 Å². The average molecular weight is 156 g/mol. The lowest BCUT2D eigenvalue weighted by atomic mass is 10.4. The molecule has 0 fully saturated rings. The van der Waals surface area contributed by atoms with Gasteiger partial charge in [0.05, 0.1) is 0 Å². The minimum absolute atomic E-state index is 0.0694. The second kappa shape index (κ2) is 4.71. The summed E-state index contributed by atoms with van der Waals surface area (Å²) in [6.07, 6.45) is 1.25. The number of hydrogen-bond donors (Lipinski definition) is 0. The molecule has 0 aliphatic carbocycles. The van der Waals surface area contributed by atoms with Gasteiger partial charge in [0.15, 0.2) is 10.9 Å². The van der Waals surface area contributed by atoms with Gasteiger partial charge in [-0.05, 0) is 0 Å². The molecule has 0 amide bonds. The zero-order valence-corrected chi connectivity index (χ0v) is 6.26. The molecule has 0 saturated heterocycles. The van der Waals surface area contributed by atoms with Crippen LogP contribution in [0.1, 0.15) is 0 Å². The van der Waals surface area contributed by atoms with Crippen LogP contribution >= 0.6 is 11.6 Å². The van der Waals surface area contributed by atoms with Gasteiger partial charge in [0.25, 0.3) is 0 Å². The number of nitrogens with zero attached hydrogens (tertiary/aromatic N) is 3. The van der Waals surface area contributed by atoms with E-state index in [1.54, 1.807) is 6.07 Å². The number of aliphatic imine (C=N–C) groups is 2. The van der Waals surface area contributed by atoms with E-state index in [4.69, 9.17) is 16.9 Å². The van der Waals surface area contributed by atoms with Crippen molar-refractivity contribution in [1.82, 2.24) is 0 Å². The Morgan fingerprint density at radius 3 is 2.70 bits per heavy atom. The topological polar surface area (TPSA) is 48.5 Å². The molecule has 0 atom stereocenters. The third-order valence-corrected chi connectivity index (χ3v) is 1.01. The lowest BCUT2D eigenvalue weighted by molar-refractivity contribution is 1.45. The third kappa shape index (κ3) is 2.42. The Labute approximate surface area is 64.4 Å². The minimum atomic E-state index is 0.0694. The molecular weight excluding hydrogens is 150 g/mol. The predicted molar refractivity (Wildman–Crippen MR) is 42.5 cm³/mol. The first kappa shape index (κ1) is 8.86. The van der Waals surface area contributed by atoms with Gasteiger partial charge in [-0.15, -0.1) is 0 Å². The SMILES string of the molecule is C=CN=C(Cl)C(C#N)=NC. The Morgan fingerprint density at radius 2 is 2.40 bits per heavy atom. The Hall–Kier alpha value is -1.14. The summed E-state index contributed by atoms with van der Waals surface area (Å²) >= 11 is 5.47. The molecule has 4 heteroatoms. The maximum absolute atomic E-state index is 8.34. The van der Waals surface area contributed by atoms with E-state index in [2.05, 4.69) is 16.6 Å². The van der Waals surface area contributed by atoms with Crippen molar-refractivity contribution in [1.29, 1.82) is 5.26 Å². The van der Waals surface area contributed by atoms with Crippen molar-refractivity contribution in [3.8, 4) is 6.07 Å². The summed E-state index contributed by atoms with van der Waals surface area (Å²) in [6, 6.07) is 1.78. The van der Waals surface area contributed by atoms with E-state index in [0.717, 1.165) is 0 Å². The number of halogens is 1. The monoisotopic (exact) mass is 155 g/mol. The van der Waals surface area contributed by atoms with Gasteiger partial charge < -0.3 is 0 Å². The van der Waals surface area contributed by atoms with Crippen LogP contribution in [0.4, 0.5) is 0 Å². The van der Waals surface area contributed by atoms with Crippen molar-refractivity contribution >= 4 is 22.5 Å². The smallest absolute Gasteiger partial charge is 0.172 e. The summed E-state index contributed by atoms with van der Waals surface area (Å²) < 4.78 is 0. The Kier molecular flexibility index (Phi) is 4.17. The summed E-state index contributed by atoms with van der Waals surface area (Å²) in [6.45, 7) is 3.32. The number of rotatable bonds is 2. The van der Waals surface area contributed by atoms with Crippen LogP contribution < -0.4 is 0 Å². The second-order valence-corrected chi connectivity index (χ2v) is 1.64. The predicted octanol–water partition coefficient (Wildman–Crippen LogP) is 1.36. The van der Waals surface area contributed by atoms with Crippen molar-refractivity contribution in [3.05, 3.63) is 12.8 Å². The van der Waals surface area contributed by atoms with Gasteiger partial charge in [-0.3, -0.25) is 4.99 Å². The van der Waals surface area contributed by atoms with E-state index >= 15 is 0 Å². The van der Waals surface area contributed by atoms with Crippen molar-refractivity contribution in [2.24, 2.45) is 9.98 Å². The molecule has 0 aliphatic rings. The zero-order chi connectivity index (χ0) is 7.98. The van der Waals surface area contributed by atoms with E-state index in [9.17, 15) is 0 Å². The van der Waals surface area contributed by atoms with Crippen molar-refractivity contribution in [2.45, 2.75) is 0 Å².